The highest BCUT2D eigenvalue weighted by atomic mass is 16.1. The van der Waals surface area contributed by atoms with E-state index in [4.69, 9.17) is 0 Å². The first-order valence-electron chi connectivity index (χ1n) is 5.13. The van der Waals surface area contributed by atoms with E-state index in [9.17, 15) is 4.79 Å². The van der Waals surface area contributed by atoms with E-state index in [1.165, 1.54) is 12.5 Å². The fourth-order valence-electron chi connectivity index (χ4n) is 0.981. The molecule has 2 nitrogen and oxygen atoms in total. The molecule has 0 bridgehead atoms. The van der Waals surface area contributed by atoms with Gasteiger partial charge in [-0.2, -0.15) is 0 Å². The third kappa shape index (κ3) is 5.57. The van der Waals surface area contributed by atoms with Crippen LogP contribution < -0.4 is 5.32 Å². The molecule has 80 valence electrons. The lowest BCUT2D eigenvalue weighted by Crippen LogP contribution is -2.18. The average Bonchev–Trinajstić information content (AvgIpc) is 2.02. The van der Waals surface area contributed by atoms with Crippen molar-refractivity contribution in [1.82, 2.24) is 5.32 Å². The Bertz CT molecular complexity index is 249. The molecule has 0 rings (SSSR count). The summed E-state index contributed by atoms with van der Waals surface area (Å²) >= 11 is 0. The highest BCUT2D eigenvalue weighted by molar-refractivity contribution is 5.75. The van der Waals surface area contributed by atoms with Crippen molar-refractivity contribution in [2.45, 2.75) is 41.0 Å². The smallest absolute Gasteiger partial charge is 0.221 e. The molecular formula is C12H21NO. The molecule has 0 aromatic carbocycles. The van der Waals surface area contributed by atoms with E-state index < -0.39 is 0 Å². The molecule has 0 spiro atoms. The summed E-state index contributed by atoms with van der Waals surface area (Å²) in [6.45, 7) is 9.95. The molecule has 0 saturated heterocycles. The van der Waals surface area contributed by atoms with Crippen molar-refractivity contribution in [1.29, 1.82) is 0 Å². The Morgan fingerprint density at radius 1 is 1.36 bits per heavy atom. The number of hydrogen-bond acceptors (Lipinski definition) is 1. The van der Waals surface area contributed by atoms with Gasteiger partial charge in [-0.3, -0.25) is 4.79 Å². The van der Waals surface area contributed by atoms with Crippen LogP contribution in [0.5, 0.6) is 0 Å². The molecule has 0 aromatic rings. The van der Waals surface area contributed by atoms with Gasteiger partial charge in [-0.05, 0) is 25.3 Å². The Morgan fingerprint density at radius 3 is 2.29 bits per heavy atom. The molecule has 1 N–H and O–H groups in total. The van der Waals surface area contributed by atoms with Gasteiger partial charge >= 0.3 is 0 Å². The van der Waals surface area contributed by atoms with Crippen molar-refractivity contribution in [2.24, 2.45) is 5.92 Å². The zero-order valence-electron chi connectivity index (χ0n) is 9.85. The highest BCUT2D eigenvalue weighted by Crippen LogP contribution is 2.10. The van der Waals surface area contributed by atoms with E-state index in [0.717, 1.165) is 12.1 Å². The molecule has 0 atom stereocenters. The van der Waals surface area contributed by atoms with Gasteiger partial charge in [-0.25, -0.2) is 0 Å². The number of carbonyl (C=O) groups is 1. The molecule has 0 heterocycles. The second-order valence-corrected chi connectivity index (χ2v) is 3.79. The molecule has 0 saturated carbocycles. The Labute approximate surface area is 87.1 Å². The van der Waals surface area contributed by atoms with Gasteiger partial charge in [-0.15, -0.1) is 0 Å². The van der Waals surface area contributed by atoms with Gasteiger partial charge in [0.25, 0.3) is 0 Å². The third-order valence-electron chi connectivity index (χ3n) is 2.04. The van der Waals surface area contributed by atoms with Crippen LogP contribution in [-0.4, -0.2) is 5.91 Å². The molecule has 0 fully saturated rings. The van der Waals surface area contributed by atoms with Crippen LogP contribution in [0.25, 0.3) is 0 Å². The van der Waals surface area contributed by atoms with Crippen molar-refractivity contribution in [3.05, 3.63) is 23.4 Å². The van der Waals surface area contributed by atoms with Crippen LogP contribution in [0.2, 0.25) is 0 Å². The van der Waals surface area contributed by atoms with Gasteiger partial charge in [0, 0.05) is 12.6 Å². The minimum atomic E-state index is -0.0162. The summed E-state index contributed by atoms with van der Waals surface area (Å²) in [5, 5.41) is 2.81. The maximum atomic E-state index is 10.9. The van der Waals surface area contributed by atoms with E-state index in [0.29, 0.717) is 5.92 Å². The topological polar surface area (TPSA) is 29.1 Å². The fraction of sp³-hybridized carbons (Fsp3) is 0.583. The van der Waals surface area contributed by atoms with Gasteiger partial charge in [0.05, 0.1) is 0 Å². The quantitative estimate of drug-likeness (QED) is 0.686. The molecule has 0 unspecified atom stereocenters. The number of carbonyl (C=O) groups excluding carboxylic acids is 1. The third-order valence-corrected chi connectivity index (χ3v) is 2.04. The number of hydrogen-bond donors (Lipinski definition) is 1. The minimum Gasteiger partial charge on any atom is -0.327 e. The Morgan fingerprint density at radius 2 is 1.93 bits per heavy atom. The standard InChI is InChI=1S/C12H21NO/c1-6-7-12(13-11(5)14)8-10(4)9(2)3/h7-9H,6H2,1-5H3,(H,13,14)/b10-8+,12-7+. The Hall–Kier alpha value is -1.05. The maximum absolute atomic E-state index is 10.9. The number of rotatable bonds is 4. The first-order valence-corrected chi connectivity index (χ1v) is 5.13. The lowest BCUT2D eigenvalue weighted by atomic mass is 10.0. The summed E-state index contributed by atoms with van der Waals surface area (Å²) in [4.78, 5) is 10.9. The summed E-state index contributed by atoms with van der Waals surface area (Å²) in [7, 11) is 0. The van der Waals surface area contributed by atoms with Crippen LogP contribution >= 0.6 is 0 Å². The highest BCUT2D eigenvalue weighted by Gasteiger charge is 1.99. The van der Waals surface area contributed by atoms with E-state index in [1.54, 1.807) is 0 Å². The molecule has 0 aliphatic heterocycles. The Kier molecular flexibility index (Phi) is 5.93. The largest absolute Gasteiger partial charge is 0.327 e. The van der Waals surface area contributed by atoms with E-state index in [2.05, 4.69) is 33.0 Å². The minimum absolute atomic E-state index is 0.0162. The van der Waals surface area contributed by atoms with Crippen molar-refractivity contribution >= 4 is 5.91 Å². The van der Waals surface area contributed by atoms with Gasteiger partial charge in [0.15, 0.2) is 0 Å². The maximum Gasteiger partial charge on any atom is 0.221 e. The van der Waals surface area contributed by atoms with E-state index >= 15 is 0 Å². The van der Waals surface area contributed by atoms with Gasteiger partial charge in [0.2, 0.25) is 5.91 Å². The summed E-state index contributed by atoms with van der Waals surface area (Å²) in [6.07, 6.45) is 4.99. The van der Waals surface area contributed by atoms with Crippen molar-refractivity contribution in [3.63, 3.8) is 0 Å². The first kappa shape index (κ1) is 12.9. The van der Waals surface area contributed by atoms with Gasteiger partial charge < -0.3 is 5.32 Å². The Balaban J connectivity index is 4.60. The zero-order chi connectivity index (χ0) is 11.1. The number of nitrogens with one attached hydrogen (secondary N) is 1. The zero-order valence-corrected chi connectivity index (χ0v) is 9.85. The number of amides is 1. The van der Waals surface area contributed by atoms with Crippen LogP contribution in [0.4, 0.5) is 0 Å². The molecule has 0 aliphatic carbocycles. The predicted molar refractivity (Wildman–Crippen MR) is 60.8 cm³/mol. The van der Waals surface area contributed by atoms with Gasteiger partial charge in [-0.1, -0.05) is 32.4 Å². The predicted octanol–water partition coefficient (Wildman–Crippen LogP) is 3.02. The summed E-state index contributed by atoms with van der Waals surface area (Å²) in [6, 6.07) is 0. The monoisotopic (exact) mass is 195 g/mol. The summed E-state index contributed by atoms with van der Waals surface area (Å²) in [5.74, 6) is 0.501. The molecule has 0 aliphatic rings. The fourth-order valence-corrected chi connectivity index (χ4v) is 0.981. The van der Waals surface area contributed by atoms with Crippen LogP contribution in [0, 0.1) is 5.92 Å². The molecule has 0 aromatic heterocycles. The summed E-state index contributed by atoms with van der Waals surface area (Å²) < 4.78 is 0. The SMILES string of the molecule is CC/C=C(\C=C(/C)C(C)C)NC(C)=O. The van der Waals surface area contributed by atoms with Crippen LogP contribution in [0.15, 0.2) is 23.4 Å². The van der Waals surface area contributed by atoms with E-state index in [1.807, 2.05) is 12.2 Å². The number of allylic oxidation sites excluding steroid dienone is 3. The van der Waals surface area contributed by atoms with Crippen LogP contribution in [0.3, 0.4) is 0 Å². The first-order chi connectivity index (χ1) is 6.47. The molecular weight excluding hydrogens is 174 g/mol. The van der Waals surface area contributed by atoms with Crippen molar-refractivity contribution < 1.29 is 4.79 Å². The second kappa shape index (κ2) is 6.41. The lowest BCUT2D eigenvalue weighted by Gasteiger charge is -2.08. The average molecular weight is 195 g/mol. The van der Waals surface area contributed by atoms with Crippen LogP contribution in [-0.2, 0) is 4.79 Å². The lowest BCUT2D eigenvalue weighted by molar-refractivity contribution is -0.118. The molecule has 2 heteroatoms. The van der Waals surface area contributed by atoms with Crippen molar-refractivity contribution in [2.75, 3.05) is 0 Å². The molecule has 0 radical (unpaired) electrons. The normalized spacial score (nSPS) is 13.3. The van der Waals surface area contributed by atoms with Gasteiger partial charge in [0.1, 0.15) is 0 Å². The van der Waals surface area contributed by atoms with Crippen LogP contribution in [0.1, 0.15) is 41.0 Å². The summed E-state index contributed by atoms with van der Waals surface area (Å²) in [5.41, 5.74) is 2.18. The second-order valence-electron chi connectivity index (χ2n) is 3.79. The molecule has 1 amide bonds. The molecule has 14 heavy (non-hydrogen) atoms. The van der Waals surface area contributed by atoms with Crippen molar-refractivity contribution in [3.8, 4) is 0 Å². The van der Waals surface area contributed by atoms with E-state index in [-0.39, 0.29) is 5.91 Å².